The quantitative estimate of drug-likeness (QED) is 0.514. The first-order chi connectivity index (χ1) is 14.6. The molecule has 3 aromatic rings. The summed E-state index contributed by atoms with van der Waals surface area (Å²) in [5.74, 6) is 0.256. The van der Waals surface area contributed by atoms with E-state index in [0.29, 0.717) is 51.2 Å². The highest BCUT2D eigenvalue weighted by molar-refractivity contribution is 7.89. The molecule has 2 atom stereocenters. The maximum Gasteiger partial charge on any atom is 0.257 e. The summed E-state index contributed by atoms with van der Waals surface area (Å²) >= 11 is 13.4. The number of benzene rings is 2. The van der Waals surface area contributed by atoms with Crippen molar-refractivity contribution in [1.29, 1.82) is 0 Å². The van der Waals surface area contributed by atoms with Gasteiger partial charge >= 0.3 is 0 Å². The lowest BCUT2D eigenvalue weighted by Gasteiger charge is -2.34. The van der Waals surface area contributed by atoms with Crippen LogP contribution in [0.1, 0.15) is 30.6 Å². The van der Waals surface area contributed by atoms with Crippen LogP contribution in [0.4, 0.5) is 5.13 Å². The van der Waals surface area contributed by atoms with Crippen LogP contribution in [0.2, 0.25) is 10.0 Å². The van der Waals surface area contributed by atoms with Gasteiger partial charge in [0, 0.05) is 23.7 Å². The van der Waals surface area contributed by atoms with Crippen molar-refractivity contribution in [2.24, 2.45) is 11.8 Å². The lowest BCUT2D eigenvalue weighted by Crippen LogP contribution is -2.42. The van der Waals surface area contributed by atoms with Crippen LogP contribution in [0.25, 0.3) is 10.2 Å². The summed E-state index contributed by atoms with van der Waals surface area (Å²) < 4.78 is 28.3. The highest BCUT2D eigenvalue weighted by atomic mass is 35.5. The molecule has 4 rings (SSSR count). The van der Waals surface area contributed by atoms with E-state index >= 15 is 0 Å². The standard InChI is InChI=1S/C21H21Cl2N3O3S2/c1-12-7-13(2)11-26(10-12)31(28,29)16-5-3-14(4-6-16)20(27)25-21-24-19-17(23)8-15(22)9-18(19)30-21/h3-6,8-9,12-13H,7,10-11H2,1-2H3,(H,24,25,27). The molecule has 31 heavy (non-hydrogen) atoms. The number of hydrogen-bond acceptors (Lipinski definition) is 5. The van der Waals surface area contributed by atoms with Crippen molar-refractivity contribution < 1.29 is 13.2 Å². The maximum atomic E-state index is 13.0. The largest absolute Gasteiger partial charge is 0.298 e. The molecule has 1 aliphatic rings. The number of rotatable bonds is 4. The average Bonchev–Trinajstić information content (AvgIpc) is 3.10. The molecular formula is C21H21Cl2N3O3S2. The van der Waals surface area contributed by atoms with Gasteiger partial charge in [-0.1, -0.05) is 48.4 Å². The van der Waals surface area contributed by atoms with E-state index in [-0.39, 0.29) is 10.8 Å². The number of amides is 1. The monoisotopic (exact) mass is 497 g/mol. The van der Waals surface area contributed by atoms with E-state index in [1.165, 1.54) is 39.9 Å². The summed E-state index contributed by atoms with van der Waals surface area (Å²) in [6.07, 6.45) is 1.02. The molecule has 1 fully saturated rings. The minimum atomic E-state index is -3.59. The summed E-state index contributed by atoms with van der Waals surface area (Å²) in [5.41, 5.74) is 0.903. The Kier molecular flexibility index (Phi) is 6.29. The number of piperidine rings is 1. The SMILES string of the molecule is CC1CC(C)CN(S(=O)(=O)c2ccc(C(=O)Nc3nc4c(Cl)cc(Cl)cc4s3)cc2)C1. The predicted molar refractivity (Wildman–Crippen MR) is 126 cm³/mol. The van der Waals surface area contributed by atoms with Crippen molar-refractivity contribution in [3.05, 3.63) is 52.0 Å². The Morgan fingerprint density at radius 3 is 2.42 bits per heavy atom. The van der Waals surface area contributed by atoms with Crippen LogP contribution in [0.15, 0.2) is 41.3 Å². The molecule has 1 saturated heterocycles. The van der Waals surface area contributed by atoms with Crippen LogP contribution >= 0.6 is 34.5 Å². The molecule has 2 aromatic carbocycles. The molecule has 1 N–H and O–H groups in total. The first-order valence-corrected chi connectivity index (χ1v) is 12.8. The van der Waals surface area contributed by atoms with Crippen LogP contribution < -0.4 is 5.32 Å². The van der Waals surface area contributed by atoms with Crippen LogP contribution in [0, 0.1) is 11.8 Å². The molecule has 0 aliphatic carbocycles. The van der Waals surface area contributed by atoms with E-state index < -0.39 is 10.0 Å². The van der Waals surface area contributed by atoms with Crippen molar-refractivity contribution in [2.75, 3.05) is 18.4 Å². The Bertz CT molecular complexity index is 1230. The third-order valence-electron chi connectivity index (χ3n) is 5.22. The second-order valence-electron chi connectivity index (χ2n) is 8.00. The summed E-state index contributed by atoms with van der Waals surface area (Å²) in [4.78, 5) is 17.2. The fraction of sp³-hybridized carbons (Fsp3) is 0.333. The number of carbonyl (C=O) groups is 1. The summed E-state index contributed by atoms with van der Waals surface area (Å²) in [7, 11) is -3.59. The molecule has 0 spiro atoms. The van der Waals surface area contributed by atoms with Gasteiger partial charge < -0.3 is 0 Å². The first-order valence-electron chi connectivity index (χ1n) is 9.80. The third kappa shape index (κ3) is 4.73. The van der Waals surface area contributed by atoms with Gasteiger partial charge in [-0.05, 0) is 54.7 Å². The number of aromatic nitrogens is 1. The Morgan fingerprint density at radius 2 is 1.77 bits per heavy atom. The van der Waals surface area contributed by atoms with Crippen molar-refractivity contribution in [2.45, 2.75) is 25.2 Å². The molecule has 1 aliphatic heterocycles. The molecule has 0 bridgehead atoms. The summed E-state index contributed by atoms with van der Waals surface area (Å²) in [6, 6.07) is 9.30. The Morgan fingerprint density at radius 1 is 1.13 bits per heavy atom. The third-order valence-corrected chi connectivity index (χ3v) is 8.49. The number of carbonyl (C=O) groups excluding carboxylic acids is 1. The smallest absolute Gasteiger partial charge is 0.257 e. The lowest BCUT2D eigenvalue weighted by molar-refractivity contribution is 0.102. The van der Waals surface area contributed by atoms with E-state index in [9.17, 15) is 13.2 Å². The van der Waals surface area contributed by atoms with E-state index in [1.54, 1.807) is 12.1 Å². The highest BCUT2D eigenvalue weighted by Gasteiger charge is 2.31. The fourth-order valence-corrected chi connectivity index (χ4v) is 7.17. The second kappa shape index (κ2) is 8.67. The molecule has 0 radical (unpaired) electrons. The molecule has 2 unspecified atom stereocenters. The van der Waals surface area contributed by atoms with Crippen molar-refractivity contribution in [1.82, 2.24) is 9.29 Å². The van der Waals surface area contributed by atoms with Crippen molar-refractivity contribution >= 4 is 65.8 Å². The first kappa shape index (κ1) is 22.5. The number of nitrogens with one attached hydrogen (secondary N) is 1. The number of sulfonamides is 1. The minimum absolute atomic E-state index is 0.187. The lowest BCUT2D eigenvalue weighted by atomic mass is 9.94. The van der Waals surface area contributed by atoms with Gasteiger partial charge in [0.25, 0.3) is 5.91 Å². The highest BCUT2D eigenvalue weighted by Crippen LogP contribution is 2.34. The normalized spacial score (nSPS) is 20.1. The van der Waals surface area contributed by atoms with Crippen molar-refractivity contribution in [3.63, 3.8) is 0 Å². The molecule has 164 valence electrons. The number of fused-ring (bicyclic) bond motifs is 1. The van der Waals surface area contributed by atoms with Gasteiger partial charge in [0.15, 0.2) is 5.13 Å². The van der Waals surface area contributed by atoms with Gasteiger partial charge in [0.05, 0.1) is 14.6 Å². The van der Waals surface area contributed by atoms with E-state index in [0.717, 1.165) is 11.1 Å². The van der Waals surface area contributed by atoms with Gasteiger partial charge in [-0.25, -0.2) is 13.4 Å². The van der Waals surface area contributed by atoms with E-state index in [1.807, 2.05) is 0 Å². The predicted octanol–water partition coefficient (Wildman–Crippen LogP) is 5.52. The van der Waals surface area contributed by atoms with Crippen LogP contribution in [-0.2, 0) is 10.0 Å². The molecule has 1 aromatic heterocycles. The van der Waals surface area contributed by atoms with Crippen LogP contribution in [0.5, 0.6) is 0 Å². The summed E-state index contributed by atoms with van der Waals surface area (Å²) in [5, 5.41) is 4.03. The number of anilines is 1. The number of hydrogen-bond donors (Lipinski definition) is 1. The molecule has 0 saturated carbocycles. The minimum Gasteiger partial charge on any atom is -0.298 e. The number of halogens is 2. The van der Waals surface area contributed by atoms with Gasteiger partial charge in [0.1, 0.15) is 5.52 Å². The topological polar surface area (TPSA) is 79.4 Å². The molecule has 6 nitrogen and oxygen atoms in total. The fourth-order valence-electron chi connectivity index (χ4n) is 3.91. The Labute approximate surface area is 195 Å². The maximum absolute atomic E-state index is 13.0. The van der Waals surface area contributed by atoms with Crippen molar-refractivity contribution in [3.8, 4) is 0 Å². The van der Waals surface area contributed by atoms with Gasteiger partial charge in [-0.15, -0.1) is 0 Å². The summed E-state index contributed by atoms with van der Waals surface area (Å²) in [6.45, 7) is 5.15. The molecule has 10 heteroatoms. The number of thiazole rings is 1. The zero-order chi connectivity index (χ0) is 22.3. The molecule has 1 amide bonds. The average molecular weight is 498 g/mol. The van der Waals surface area contributed by atoms with Crippen LogP contribution in [0.3, 0.4) is 0 Å². The molecule has 2 heterocycles. The zero-order valence-corrected chi connectivity index (χ0v) is 20.1. The van der Waals surface area contributed by atoms with Gasteiger partial charge in [-0.2, -0.15) is 4.31 Å². The Hall–Kier alpha value is -1.71. The van der Waals surface area contributed by atoms with Gasteiger partial charge in [0.2, 0.25) is 10.0 Å². The van der Waals surface area contributed by atoms with E-state index in [4.69, 9.17) is 23.2 Å². The Balaban J connectivity index is 1.51. The number of nitrogens with zero attached hydrogens (tertiary/aromatic N) is 2. The van der Waals surface area contributed by atoms with Crippen LogP contribution in [-0.4, -0.2) is 36.7 Å². The second-order valence-corrected chi connectivity index (χ2v) is 11.8. The van der Waals surface area contributed by atoms with Gasteiger partial charge in [-0.3, -0.25) is 10.1 Å². The zero-order valence-electron chi connectivity index (χ0n) is 16.9. The van der Waals surface area contributed by atoms with E-state index in [2.05, 4.69) is 24.1 Å². The molecular weight excluding hydrogens is 477 g/mol.